The van der Waals surface area contributed by atoms with E-state index in [1.54, 1.807) is 23.9 Å². The van der Waals surface area contributed by atoms with Crippen molar-refractivity contribution in [3.8, 4) is 0 Å². The van der Waals surface area contributed by atoms with Gasteiger partial charge in [0.15, 0.2) is 0 Å². The molecule has 9 heteroatoms. The summed E-state index contributed by atoms with van der Waals surface area (Å²) in [6.45, 7) is 0.583. The highest BCUT2D eigenvalue weighted by molar-refractivity contribution is 5.95. The zero-order valence-electron chi connectivity index (χ0n) is 17.2. The number of alkyl halides is 3. The summed E-state index contributed by atoms with van der Waals surface area (Å²) < 4.78 is 53.5. The predicted octanol–water partition coefficient (Wildman–Crippen LogP) is 4.40. The molecule has 0 spiro atoms. The number of piperidine rings is 1. The van der Waals surface area contributed by atoms with Gasteiger partial charge < -0.3 is 15.1 Å². The number of halogens is 4. The summed E-state index contributed by atoms with van der Waals surface area (Å²) in [6, 6.07) is 8.96. The first kappa shape index (κ1) is 22.6. The standard InChI is InChI=1S/C22H23F4N3O2/c1-28(2)17-7-8-19(18(13-17)22(24,25)26)27-20(30)14-9-11-29(12-10-14)21(31)15-3-5-16(23)6-4-15/h3-8,13-14H,9-12H2,1-2H3,(H,27,30). The molecule has 1 N–H and O–H groups in total. The molecule has 31 heavy (non-hydrogen) atoms. The third-order valence-electron chi connectivity index (χ3n) is 5.33. The van der Waals surface area contributed by atoms with Crippen LogP contribution in [0.1, 0.15) is 28.8 Å². The molecule has 1 fully saturated rings. The number of benzene rings is 2. The number of hydrogen-bond acceptors (Lipinski definition) is 3. The molecule has 0 aliphatic carbocycles. The average molecular weight is 437 g/mol. The van der Waals surface area contributed by atoms with E-state index in [0.29, 0.717) is 37.2 Å². The lowest BCUT2D eigenvalue weighted by molar-refractivity contribution is -0.137. The molecule has 1 heterocycles. The molecule has 5 nitrogen and oxygen atoms in total. The van der Waals surface area contributed by atoms with Crippen LogP contribution in [0.25, 0.3) is 0 Å². The van der Waals surface area contributed by atoms with Crippen molar-refractivity contribution < 1.29 is 27.2 Å². The first-order chi connectivity index (χ1) is 14.6. The summed E-state index contributed by atoms with van der Waals surface area (Å²) in [4.78, 5) is 28.2. The number of rotatable bonds is 4. The Morgan fingerprint density at radius 2 is 1.65 bits per heavy atom. The summed E-state index contributed by atoms with van der Waals surface area (Å²) >= 11 is 0. The Morgan fingerprint density at radius 1 is 1.03 bits per heavy atom. The normalized spacial score (nSPS) is 15.0. The third-order valence-corrected chi connectivity index (χ3v) is 5.33. The van der Waals surface area contributed by atoms with Gasteiger partial charge in [0.25, 0.3) is 5.91 Å². The molecule has 2 aromatic carbocycles. The van der Waals surface area contributed by atoms with E-state index in [2.05, 4.69) is 5.32 Å². The van der Waals surface area contributed by atoms with Crippen LogP contribution in [0.5, 0.6) is 0 Å². The highest BCUT2D eigenvalue weighted by Gasteiger charge is 2.35. The third kappa shape index (κ3) is 5.34. The van der Waals surface area contributed by atoms with Gasteiger partial charge in [-0.2, -0.15) is 13.2 Å². The number of likely N-dealkylation sites (tertiary alicyclic amines) is 1. The van der Waals surface area contributed by atoms with E-state index >= 15 is 0 Å². The lowest BCUT2D eigenvalue weighted by Crippen LogP contribution is -2.41. The predicted molar refractivity (Wildman–Crippen MR) is 109 cm³/mol. The fourth-order valence-electron chi connectivity index (χ4n) is 3.51. The second-order valence-corrected chi connectivity index (χ2v) is 7.68. The van der Waals surface area contributed by atoms with Gasteiger partial charge >= 0.3 is 6.18 Å². The molecule has 1 aliphatic heterocycles. The second kappa shape index (κ2) is 8.95. The number of amides is 2. The Balaban J connectivity index is 1.65. The van der Waals surface area contributed by atoms with Gasteiger partial charge in [0.05, 0.1) is 11.3 Å². The van der Waals surface area contributed by atoms with E-state index in [1.807, 2.05) is 0 Å². The molecule has 1 saturated heterocycles. The monoisotopic (exact) mass is 437 g/mol. The van der Waals surface area contributed by atoms with Crippen LogP contribution in [-0.4, -0.2) is 43.9 Å². The van der Waals surface area contributed by atoms with Crippen LogP contribution >= 0.6 is 0 Å². The van der Waals surface area contributed by atoms with Crippen LogP contribution < -0.4 is 10.2 Å². The summed E-state index contributed by atoms with van der Waals surface area (Å²) in [5.41, 5.74) is -0.470. The zero-order valence-corrected chi connectivity index (χ0v) is 17.2. The number of hydrogen-bond donors (Lipinski definition) is 1. The van der Waals surface area contributed by atoms with Crippen LogP contribution in [0, 0.1) is 11.7 Å². The Kier molecular flexibility index (Phi) is 6.52. The van der Waals surface area contributed by atoms with Gasteiger partial charge in [0.1, 0.15) is 5.82 Å². The minimum absolute atomic E-state index is 0.266. The SMILES string of the molecule is CN(C)c1ccc(NC(=O)C2CCN(C(=O)c3ccc(F)cc3)CC2)c(C(F)(F)F)c1. The maximum atomic E-state index is 13.5. The van der Waals surface area contributed by atoms with Crippen molar-refractivity contribution in [2.24, 2.45) is 5.92 Å². The van der Waals surface area contributed by atoms with E-state index in [9.17, 15) is 27.2 Å². The Bertz CT molecular complexity index is 950. The molecule has 0 bridgehead atoms. The van der Waals surface area contributed by atoms with E-state index in [-0.39, 0.29) is 11.6 Å². The molecule has 1 aliphatic rings. The Labute approximate surface area is 177 Å². The average Bonchev–Trinajstić information content (AvgIpc) is 2.73. The zero-order chi connectivity index (χ0) is 22.8. The minimum Gasteiger partial charge on any atom is -0.378 e. The van der Waals surface area contributed by atoms with E-state index in [0.717, 1.165) is 6.07 Å². The molecule has 0 unspecified atom stereocenters. The summed E-state index contributed by atoms with van der Waals surface area (Å²) in [7, 11) is 3.27. The quantitative estimate of drug-likeness (QED) is 0.722. The van der Waals surface area contributed by atoms with E-state index in [1.165, 1.54) is 36.4 Å². The highest BCUT2D eigenvalue weighted by Crippen LogP contribution is 2.37. The van der Waals surface area contributed by atoms with Gasteiger partial charge in [0.2, 0.25) is 5.91 Å². The highest BCUT2D eigenvalue weighted by atomic mass is 19.4. The maximum Gasteiger partial charge on any atom is 0.418 e. The maximum absolute atomic E-state index is 13.5. The van der Waals surface area contributed by atoms with Crippen molar-refractivity contribution >= 4 is 23.2 Å². The number of anilines is 2. The van der Waals surface area contributed by atoms with Crippen molar-refractivity contribution in [1.82, 2.24) is 4.90 Å². The lowest BCUT2D eigenvalue weighted by atomic mass is 9.95. The van der Waals surface area contributed by atoms with Crippen LogP contribution in [0.15, 0.2) is 42.5 Å². The Morgan fingerprint density at radius 3 is 2.19 bits per heavy atom. The fraction of sp³-hybridized carbons (Fsp3) is 0.364. The van der Waals surface area contributed by atoms with Crippen molar-refractivity contribution in [1.29, 1.82) is 0 Å². The first-order valence-corrected chi connectivity index (χ1v) is 9.80. The fourth-order valence-corrected chi connectivity index (χ4v) is 3.51. The minimum atomic E-state index is -4.61. The van der Waals surface area contributed by atoms with Gasteiger partial charge in [-0.05, 0) is 55.3 Å². The van der Waals surface area contributed by atoms with Crippen molar-refractivity contribution in [3.63, 3.8) is 0 Å². The van der Waals surface area contributed by atoms with Gasteiger partial charge in [0, 0.05) is 44.4 Å². The van der Waals surface area contributed by atoms with Crippen LogP contribution in [0.3, 0.4) is 0 Å². The van der Waals surface area contributed by atoms with Gasteiger partial charge in [-0.15, -0.1) is 0 Å². The lowest BCUT2D eigenvalue weighted by Gasteiger charge is -2.31. The largest absolute Gasteiger partial charge is 0.418 e. The molecule has 3 rings (SSSR count). The van der Waals surface area contributed by atoms with Crippen LogP contribution in [-0.2, 0) is 11.0 Å². The number of carbonyl (C=O) groups is 2. The number of nitrogens with zero attached hydrogens (tertiary/aromatic N) is 2. The van der Waals surface area contributed by atoms with E-state index in [4.69, 9.17) is 0 Å². The smallest absolute Gasteiger partial charge is 0.378 e. The molecular formula is C22H23F4N3O2. The molecule has 0 saturated carbocycles. The number of nitrogens with one attached hydrogen (secondary N) is 1. The van der Waals surface area contributed by atoms with Crippen molar-refractivity contribution in [3.05, 3.63) is 59.4 Å². The van der Waals surface area contributed by atoms with Crippen LogP contribution in [0.2, 0.25) is 0 Å². The molecular weight excluding hydrogens is 414 g/mol. The molecule has 166 valence electrons. The van der Waals surface area contributed by atoms with Crippen LogP contribution in [0.4, 0.5) is 28.9 Å². The molecule has 0 radical (unpaired) electrons. The summed E-state index contributed by atoms with van der Waals surface area (Å²) in [6.07, 6.45) is -3.95. The van der Waals surface area contributed by atoms with Gasteiger partial charge in [-0.25, -0.2) is 4.39 Å². The number of carbonyl (C=O) groups excluding carboxylic acids is 2. The van der Waals surface area contributed by atoms with Gasteiger partial charge in [-0.1, -0.05) is 0 Å². The molecule has 0 atom stereocenters. The summed E-state index contributed by atoms with van der Waals surface area (Å²) in [5.74, 6) is -1.72. The van der Waals surface area contributed by atoms with Gasteiger partial charge in [-0.3, -0.25) is 9.59 Å². The molecule has 2 aromatic rings. The van der Waals surface area contributed by atoms with Crippen molar-refractivity contribution in [2.75, 3.05) is 37.4 Å². The Hall–Kier alpha value is -3.10. The van der Waals surface area contributed by atoms with Crippen molar-refractivity contribution in [2.45, 2.75) is 19.0 Å². The summed E-state index contributed by atoms with van der Waals surface area (Å²) in [5, 5.41) is 2.41. The molecule has 0 aromatic heterocycles. The topological polar surface area (TPSA) is 52.7 Å². The van der Waals surface area contributed by atoms with E-state index < -0.39 is 29.4 Å². The first-order valence-electron chi connectivity index (χ1n) is 9.80. The second-order valence-electron chi connectivity index (χ2n) is 7.68. The molecule has 2 amide bonds.